The van der Waals surface area contributed by atoms with Gasteiger partial charge in [-0.25, -0.2) is 14.0 Å². The molecule has 3 rings (SSSR count). The van der Waals surface area contributed by atoms with Crippen LogP contribution in [0.4, 0.5) is 10.1 Å². The molecule has 2 aromatic carbocycles. The molecule has 1 fully saturated rings. The van der Waals surface area contributed by atoms with Crippen LogP contribution in [0.2, 0.25) is 5.02 Å². The van der Waals surface area contributed by atoms with Gasteiger partial charge >= 0.3 is 11.9 Å². The van der Waals surface area contributed by atoms with Gasteiger partial charge in [0.25, 0.3) is 0 Å². The summed E-state index contributed by atoms with van der Waals surface area (Å²) in [6.07, 6.45) is 0.461. The third-order valence-electron chi connectivity index (χ3n) is 4.55. The van der Waals surface area contributed by atoms with E-state index in [4.69, 9.17) is 31.4 Å². The quantitative estimate of drug-likeness (QED) is 0.549. The minimum absolute atomic E-state index is 0.0623. The highest BCUT2D eigenvalue weighted by Crippen LogP contribution is 2.20. The highest BCUT2D eigenvalue weighted by molar-refractivity contribution is 6.30. The number of carboxylic acids is 2. The maximum absolute atomic E-state index is 12.9. The van der Waals surface area contributed by atoms with Gasteiger partial charge in [-0.15, -0.1) is 0 Å². The Hall–Kier alpha value is -2.97. The lowest BCUT2D eigenvalue weighted by molar-refractivity contribution is -0.159. The fourth-order valence-corrected chi connectivity index (χ4v) is 3.13. The Labute approximate surface area is 178 Å². The van der Waals surface area contributed by atoms with Gasteiger partial charge < -0.3 is 15.1 Å². The first kappa shape index (κ1) is 23.3. The zero-order valence-electron chi connectivity index (χ0n) is 16.1. The lowest BCUT2D eigenvalue weighted by Gasteiger charge is -2.36. The van der Waals surface area contributed by atoms with Crippen LogP contribution < -0.4 is 4.90 Å². The van der Waals surface area contributed by atoms with E-state index < -0.39 is 11.9 Å². The van der Waals surface area contributed by atoms with Crippen molar-refractivity contribution in [1.82, 2.24) is 4.90 Å². The van der Waals surface area contributed by atoms with Gasteiger partial charge in [0.1, 0.15) is 5.82 Å². The monoisotopic (exact) mass is 436 g/mol. The molecule has 0 amide bonds. The third-order valence-corrected chi connectivity index (χ3v) is 4.78. The van der Waals surface area contributed by atoms with Gasteiger partial charge in [-0.2, -0.15) is 0 Å². The number of hydrogen-bond donors (Lipinski definition) is 2. The normalized spacial score (nSPS) is 13.9. The molecule has 0 aliphatic carbocycles. The molecule has 30 heavy (non-hydrogen) atoms. The molecule has 2 aromatic rings. The molecule has 0 radical (unpaired) electrons. The number of carboxylic acid groups (broad SMARTS) is 2. The molecule has 2 N–H and O–H groups in total. The van der Waals surface area contributed by atoms with E-state index >= 15 is 0 Å². The number of Topliss-reactive ketones (excluding diaryl/α,β-unsaturated/α-hetero) is 1. The molecule has 0 aromatic heterocycles. The van der Waals surface area contributed by atoms with Crippen LogP contribution in [-0.2, 0) is 9.59 Å². The van der Waals surface area contributed by atoms with E-state index in [-0.39, 0.29) is 11.6 Å². The second-order valence-corrected chi connectivity index (χ2v) is 7.04. The van der Waals surface area contributed by atoms with Crippen molar-refractivity contribution < 1.29 is 29.0 Å². The highest BCUT2D eigenvalue weighted by atomic mass is 35.5. The molecule has 1 saturated heterocycles. The van der Waals surface area contributed by atoms with Crippen LogP contribution in [0.15, 0.2) is 48.5 Å². The van der Waals surface area contributed by atoms with Gasteiger partial charge in [0.2, 0.25) is 0 Å². The number of carbonyl (C=O) groups is 3. The number of hydrogen-bond acceptors (Lipinski definition) is 5. The SMILES string of the molecule is O=C(CCN1CCN(c2cccc(Cl)c2)CC1)c1ccc(F)cc1.O=C(O)C(=O)O. The van der Waals surface area contributed by atoms with Gasteiger partial charge in [-0.1, -0.05) is 17.7 Å². The zero-order valence-corrected chi connectivity index (χ0v) is 16.9. The van der Waals surface area contributed by atoms with Gasteiger partial charge in [0.05, 0.1) is 0 Å². The summed E-state index contributed by atoms with van der Waals surface area (Å²) in [6, 6.07) is 13.7. The van der Waals surface area contributed by atoms with Crippen LogP contribution in [0.3, 0.4) is 0 Å². The van der Waals surface area contributed by atoms with Crippen molar-refractivity contribution in [2.75, 3.05) is 37.6 Å². The lowest BCUT2D eigenvalue weighted by Crippen LogP contribution is -2.46. The smallest absolute Gasteiger partial charge is 0.414 e. The molecule has 160 valence electrons. The summed E-state index contributed by atoms with van der Waals surface area (Å²) < 4.78 is 12.9. The average molecular weight is 437 g/mol. The zero-order chi connectivity index (χ0) is 22.1. The van der Waals surface area contributed by atoms with Crippen molar-refractivity contribution in [2.24, 2.45) is 0 Å². The number of ketones is 1. The van der Waals surface area contributed by atoms with Gasteiger partial charge in [-0.05, 0) is 42.5 Å². The summed E-state index contributed by atoms with van der Waals surface area (Å²) in [6.45, 7) is 4.42. The van der Waals surface area contributed by atoms with Crippen LogP contribution in [0.25, 0.3) is 0 Å². The molecule has 0 unspecified atom stereocenters. The number of nitrogens with zero attached hydrogens (tertiary/aromatic N) is 2. The van der Waals surface area contributed by atoms with Crippen molar-refractivity contribution in [3.63, 3.8) is 0 Å². The third kappa shape index (κ3) is 7.46. The molecule has 0 saturated carbocycles. The lowest BCUT2D eigenvalue weighted by atomic mass is 10.1. The Morgan fingerprint density at radius 1 is 0.933 bits per heavy atom. The number of piperazine rings is 1. The number of aliphatic carboxylic acids is 2. The Kier molecular flexibility index (Phi) is 8.76. The number of benzene rings is 2. The molecule has 1 heterocycles. The molecular formula is C21H22ClFN2O5. The highest BCUT2D eigenvalue weighted by Gasteiger charge is 2.18. The summed E-state index contributed by atoms with van der Waals surface area (Å²) in [5.74, 6) is -3.90. The minimum Gasteiger partial charge on any atom is -0.473 e. The van der Waals surface area contributed by atoms with E-state index in [9.17, 15) is 9.18 Å². The number of rotatable bonds is 5. The molecular weight excluding hydrogens is 415 g/mol. The first-order valence-electron chi connectivity index (χ1n) is 9.24. The standard InChI is InChI=1S/C19H20ClFN2O.C2H2O4/c20-16-2-1-3-18(14-16)23-12-10-22(11-13-23)9-8-19(24)15-4-6-17(21)7-5-15;3-1(4)2(5)6/h1-7,14H,8-13H2;(H,3,4)(H,5,6). The van der Waals surface area contributed by atoms with Crippen LogP contribution in [0.5, 0.6) is 0 Å². The molecule has 0 spiro atoms. The number of halogens is 2. The van der Waals surface area contributed by atoms with Crippen molar-refractivity contribution >= 4 is 35.0 Å². The fourth-order valence-electron chi connectivity index (χ4n) is 2.94. The van der Waals surface area contributed by atoms with E-state index in [1.54, 1.807) is 12.1 Å². The molecule has 1 aliphatic rings. The van der Waals surface area contributed by atoms with Crippen molar-refractivity contribution in [2.45, 2.75) is 6.42 Å². The van der Waals surface area contributed by atoms with E-state index in [1.165, 1.54) is 12.1 Å². The Bertz CT molecular complexity index is 871. The Morgan fingerprint density at radius 2 is 1.53 bits per heavy atom. The largest absolute Gasteiger partial charge is 0.473 e. The van der Waals surface area contributed by atoms with Crippen molar-refractivity contribution in [3.05, 3.63) is 64.9 Å². The topological polar surface area (TPSA) is 98.2 Å². The van der Waals surface area contributed by atoms with Gasteiger partial charge in [-0.3, -0.25) is 9.69 Å². The predicted octanol–water partition coefficient (Wildman–Crippen LogP) is 3.03. The average Bonchev–Trinajstić information content (AvgIpc) is 2.73. The summed E-state index contributed by atoms with van der Waals surface area (Å²) >= 11 is 6.05. The second kappa shape index (κ2) is 11.3. The van der Waals surface area contributed by atoms with Crippen LogP contribution in [-0.4, -0.2) is 65.6 Å². The molecule has 0 bridgehead atoms. The van der Waals surface area contributed by atoms with E-state index in [2.05, 4.69) is 15.9 Å². The van der Waals surface area contributed by atoms with E-state index in [0.717, 1.165) is 43.4 Å². The van der Waals surface area contributed by atoms with Gasteiger partial charge in [0, 0.05) is 55.4 Å². The van der Waals surface area contributed by atoms with Crippen LogP contribution in [0, 0.1) is 5.82 Å². The first-order valence-corrected chi connectivity index (χ1v) is 9.62. The Balaban J connectivity index is 0.000000469. The predicted molar refractivity (Wildman–Crippen MR) is 111 cm³/mol. The summed E-state index contributed by atoms with van der Waals surface area (Å²) in [5.41, 5.74) is 1.72. The minimum atomic E-state index is -1.82. The van der Waals surface area contributed by atoms with Crippen molar-refractivity contribution in [1.29, 1.82) is 0 Å². The van der Waals surface area contributed by atoms with Gasteiger partial charge in [0.15, 0.2) is 5.78 Å². The van der Waals surface area contributed by atoms with Crippen LogP contribution in [0.1, 0.15) is 16.8 Å². The molecule has 7 nitrogen and oxygen atoms in total. The molecule has 1 aliphatic heterocycles. The fraction of sp³-hybridized carbons (Fsp3) is 0.286. The van der Waals surface area contributed by atoms with E-state index in [0.29, 0.717) is 12.0 Å². The van der Waals surface area contributed by atoms with Crippen molar-refractivity contribution in [3.8, 4) is 0 Å². The second-order valence-electron chi connectivity index (χ2n) is 6.60. The molecule has 9 heteroatoms. The van der Waals surface area contributed by atoms with Crippen LogP contribution >= 0.6 is 11.6 Å². The maximum Gasteiger partial charge on any atom is 0.414 e. The van der Waals surface area contributed by atoms with E-state index in [1.807, 2.05) is 18.2 Å². The molecule has 0 atom stereocenters. The number of anilines is 1. The first-order chi connectivity index (χ1) is 14.3. The summed E-state index contributed by atoms with van der Waals surface area (Å²) in [4.78, 5) is 35.0. The summed E-state index contributed by atoms with van der Waals surface area (Å²) in [5, 5.41) is 15.5. The summed E-state index contributed by atoms with van der Waals surface area (Å²) in [7, 11) is 0. The Morgan fingerprint density at radius 3 is 2.07 bits per heavy atom. The number of carbonyl (C=O) groups excluding carboxylic acids is 1. The maximum atomic E-state index is 12.9.